The van der Waals surface area contributed by atoms with Gasteiger partial charge in [-0.3, -0.25) is 0 Å². The van der Waals surface area contributed by atoms with Crippen LogP contribution in [0.15, 0.2) is 17.8 Å². The van der Waals surface area contributed by atoms with Crippen LogP contribution in [0, 0.1) is 0 Å². The lowest BCUT2D eigenvalue weighted by Crippen LogP contribution is -1.82. The van der Waals surface area contributed by atoms with Crippen LogP contribution >= 0.6 is 22.5 Å². The molecular weight excluding hydrogens is 142 g/mol. The van der Waals surface area contributed by atoms with E-state index < -0.39 is 0 Å². The van der Waals surface area contributed by atoms with E-state index in [-0.39, 0.29) is 0 Å². The fraction of sp³-hybridized carbons (Fsp3) is 0. The van der Waals surface area contributed by atoms with Crippen molar-refractivity contribution < 1.29 is 0 Å². The molecule has 0 bridgehead atoms. The van der Waals surface area contributed by atoms with Crippen LogP contribution in [-0.4, -0.2) is 15.0 Å². The van der Waals surface area contributed by atoms with E-state index in [1.54, 1.807) is 0 Å². The van der Waals surface area contributed by atoms with E-state index in [0.29, 0.717) is 5.16 Å². The van der Waals surface area contributed by atoms with Gasteiger partial charge in [0.1, 0.15) is 12.7 Å². The molecule has 0 aliphatic carbocycles. The van der Waals surface area contributed by atoms with Crippen molar-refractivity contribution >= 4 is 22.5 Å². The zero-order valence-electron chi connectivity index (χ0n) is 3.85. The summed E-state index contributed by atoms with van der Waals surface area (Å²) < 4.78 is 0. The predicted octanol–water partition coefficient (Wildman–Crippen LogP) is 0.808. The van der Waals surface area contributed by atoms with Crippen LogP contribution in [0.25, 0.3) is 0 Å². The molecule has 1 aromatic rings. The van der Waals surface area contributed by atoms with Gasteiger partial charge in [-0.15, -0.1) is 11.7 Å². The van der Waals surface area contributed by atoms with E-state index in [1.807, 2.05) is 0 Å². The SMILES string of the molecule is SSc1ncncn1. The second-order valence-corrected chi connectivity index (χ2v) is 2.11. The normalized spacial score (nSPS) is 9.12. The highest BCUT2D eigenvalue weighted by atomic mass is 33.1. The monoisotopic (exact) mass is 145 g/mol. The van der Waals surface area contributed by atoms with Gasteiger partial charge in [-0.25, -0.2) is 15.0 Å². The minimum atomic E-state index is 0.628. The van der Waals surface area contributed by atoms with Gasteiger partial charge in [0, 0.05) is 0 Å². The van der Waals surface area contributed by atoms with Crippen LogP contribution < -0.4 is 0 Å². The molecule has 0 fully saturated rings. The van der Waals surface area contributed by atoms with Crippen LogP contribution in [0.5, 0.6) is 0 Å². The largest absolute Gasteiger partial charge is 0.225 e. The molecule has 0 radical (unpaired) electrons. The first kappa shape index (κ1) is 5.84. The van der Waals surface area contributed by atoms with E-state index in [0.717, 1.165) is 0 Å². The van der Waals surface area contributed by atoms with Crippen LogP contribution in [0.1, 0.15) is 0 Å². The molecule has 0 aliphatic heterocycles. The van der Waals surface area contributed by atoms with Crippen LogP contribution in [0.4, 0.5) is 0 Å². The Morgan fingerprint density at radius 2 is 2.00 bits per heavy atom. The van der Waals surface area contributed by atoms with E-state index >= 15 is 0 Å². The summed E-state index contributed by atoms with van der Waals surface area (Å²) in [6, 6.07) is 0. The van der Waals surface area contributed by atoms with Crippen LogP contribution in [0.3, 0.4) is 0 Å². The quantitative estimate of drug-likeness (QED) is 0.469. The second kappa shape index (κ2) is 2.88. The highest BCUT2D eigenvalue weighted by Crippen LogP contribution is 2.12. The Hall–Kier alpha value is -0.290. The number of nitrogens with zero attached hydrogens (tertiary/aromatic N) is 3. The summed E-state index contributed by atoms with van der Waals surface area (Å²) in [7, 11) is 1.20. The summed E-state index contributed by atoms with van der Waals surface area (Å²) in [4.78, 5) is 11.1. The number of rotatable bonds is 1. The van der Waals surface area contributed by atoms with E-state index in [4.69, 9.17) is 0 Å². The van der Waals surface area contributed by atoms with E-state index in [9.17, 15) is 0 Å². The summed E-state index contributed by atoms with van der Waals surface area (Å²) in [6.45, 7) is 0. The zero-order valence-corrected chi connectivity index (χ0v) is 5.56. The van der Waals surface area contributed by atoms with Gasteiger partial charge in [-0.05, 0) is 10.8 Å². The fourth-order valence-corrected chi connectivity index (χ4v) is 0.747. The summed E-state index contributed by atoms with van der Waals surface area (Å²) in [5.74, 6) is 0. The fourth-order valence-electron chi connectivity index (χ4n) is 0.276. The molecule has 1 aromatic heterocycles. The molecule has 5 heteroatoms. The topological polar surface area (TPSA) is 38.7 Å². The number of hydrogen-bond acceptors (Lipinski definition) is 5. The van der Waals surface area contributed by atoms with Crippen molar-refractivity contribution in [1.82, 2.24) is 15.0 Å². The first-order chi connectivity index (χ1) is 3.93. The third-order valence-electron chi connectivity index (χ3n) is 0.551. The summed E-state index contributed by atoms with van der Waals surface area (Å²) in [5, 5.41) is 0.628. The lowest BCUT2D eigenvalue weighted by molar-refractivity contribution is 0.907. The highest BCUT2D eigenvalue weighted by molar-refractivity contribution is 8.68. The van der Waals surface area contributed by atoms with Crippen molar-refractivity contribution in [3.05, 3.63) is 12.7 Å². The summed E-state index contributed by atoms with van der Waals surface area (Å²) in [5.41, 5.74) is 0. The van der Waals surface area contributed by atoms with Gasteiger partial charge in [-0.2, -0.15) is 0 Å². The molecule has 0 atom stereocenters. The molecule has 1 heterocycles. The van der Waals surface area contributed by atoms with Gasteiger partial charge in [-0.1, -0.05) is 0 Å². The van der Waals surface area contributed by atoms with Crippen LogP contribution in [-0.2, 0) is 0 Å². The first-order valence-electron chi connectivity index (χ1n) is 1.87. The van der Waals surface area contributed by atoms with Crippen molar-refractivity contribution in [2.45, 2.75) is 5.16 Å². The third-order valence-corrected chi connectivity index (χ3v) is 1.42. The van der Waals surface area contributed by atoms with Gasteiger partial charge < -0.3 is 0 Å². The lowest BCUT2D eigenvalue weighted by Gasteiger charge is -1.85. The minimum Gasteiger partial charge on any atom is -0.225 e. The molecule has 0 amide bonds. The Balaban J connectivity index is 2.83. The van der Waals surface area contributed by atoms with Gasteiger partial charge in [0.15, 0.2) is 0 Å². The van der Waals surface area contributed by atoms with E-state index in [1.165, 1.54) is 23.4 Å². The summed E-state index contributed by atoms with van der Waals surface area (Å²) >= 11 is 3.87. The lowest BCUT2D eigenvalue weighted by atomic mass is 11.1. The standard InChI is InChI=1S/C3H3N3S2/c7-8-3-5-1-4-2-6-3/h1-2,7H. The van der Waals surface area contributed by atoms with Crippen LogP contribution in [0.2, 0.25) is 0 Å². The molecule has 0 saturated heterocycles. The number of aromatic nitrogens is 3. The average molecular weight is 145 g/mol. The van der Waals surface area contributed by atoms with Gasteiger partial charge in [0.2, 0.25) is 5.16 Å². The van der Waals surface area contributed by atoms with Crippen molar-refractivity contribution in [2.75, 3.05) is 0 Å². The average Bonchev–Trinajstić information content (AvgIpc) is 1.90. The molecule has 0 saturated carbocycles. The Morgan fingerprint density at radius 1 is 1.38 bits per heavy atom. The molecule has 42 valence electrons. The van der Waals surface area contributed by atoms with Gasteiger partial charge >= 0.3 is 0 Å². The Kier molecular flexibility index (Phi) is 2.11. The maximum absolute atomic E-state index is 3.87. The molecule has 0 aromatic carbocycles. The molecule has 1 rings (SSSR count). The van der Waals surface area contributed by atoms with E-state index in [2.05, 4.69) is 26.6 Å². The van der Waals surface area contributed by atoms with Gasteiger partial charge in [0.05, 0.1) is 0 Å². The maximum atomic E-state index is 3.87. The zero-order chi connectivity index (χ0) is 5.82. The molecule has 0 N–H and O–H groups in total. The number of hydrogen-bond donors (Lipinski definition) is 1. The molecular formula is C3H3N3S2. The Labute approximate surface area is 55.8 Å². The number of thiol groups is 1. The molecule has 8 heavy (non-hydrogen) atoms. The highest BCUT2D eigenvalue weighted by Gasteiger charge is 1.86. The third kappa shape index (κ3) is 1.34. The van der Waals surface area contributed by atoms with Gasteiger partial charge in [0.25, 0.3) is 0 Å². The molecule has 0 aliphatic rings. The molecule has 0 spiro atoms. The predicted molar refractivity (Wildman–Crippen MR) is 34.7 cm³/mol. The second-order valence-electron chi connectivity index (χ2n) is 1.01. The van der Waals surface area contributed by atoms with Crippen molar-refractivity contribution in [3.63, 3.8) is 0 Å². The minimum absolute atomic E-state index is 0.628. The Bertz CT molecular complexity index is 154. The first-order valence-corrected chi connectivity index (χ1v) is 3.74. The van der Waals surface area contributed by atoms with Crippen molar-refractivity contribution in [2.24, 2.45) is 0 Å². The molecule has 0 unspecified atom stereocenters. The van der Waals surface area contributed by atoms with Crippen molar-refractivity contribution in [1.29, 1.82) is 0 Å². The Morgan fingerprint density at radius 3 is 2.38 bits per heavy atom. The molecule has 3 nitrogen and oxygen atoms in total. The maximum Gasteiger partial charge on any atom is 0.201 e. The van der Waals surface area contributed by atoms with Crippen molar-refractivity contribution in [3.8, 4) is 0 Å². The smallest absolute Gasteiger partial charge is 0.201 e. The summed E-state index contributed by atoms with van der Waals surface area (Å²) in [6.07, 6.45) is 2.87.